The summed E-state index contributed by atoms with van der Waals surface area (Å²) in [6.45, 7) is 2.60. The molecule has 2 aromatic carbocycles. The van der Waals surface area contributed by atoms with Crippen molar-refractivity contribution in [2.75, 3.05) is 26.3 Å². The monoisotopic (exact) mass is 530 g/mol. The zero-order valence-corrected chi connectivity index (χ0v) is 19.3. The number of ether oxygens (including phenoxy) is 1. The van der Waals surface area contributed by atoms with Crippen molar-refractivity contribution >= 4 is 40.0 Å². The summed E-state index contributed by atoms with van der Waals surface area (Å²) in [4.78, 5) is 4.33. The number of sulfonamides is 1. The molecule has 1 saturated heterocycles. The van der Waals surface area contributed by atoms with Gasteiger partial charge in [0.25, 0.3) is 0 Å². The number of hydrogen-bond donors (Lipinski definition) is 2. The van der Waals surface area contributed by atoms with Crippen LogP contribution in [0.5, 0.6) is 0 Å². The molecular formula is C20H27IN4O3S. The fourth-order valence-electron chi connectivity index (χ4n) is 2.98. The molecule has 0 unspecified atom stereocenters. The van der Waals surface area contributed by atoms with Crippen LogP contribution < -0.4 is 11.1 Å². The van der Waals surface area contributed by atoms with Crippen LogP contribution in [-0.4, -0.2) is 45.0 Å². The van der Waals surface area contributed by atoms with E-state index in [9.17, 15) is 8.42 Å². The molecule has 0 radical (unpaired) electrons. The second-order valence-electron chi connectivity index (χ2n) is 6.58. The van der Waals surface area contributed by atoms with Crippen molar-refractivity contribution in [1.82, 2.24) is 9.62 Å². The second kappa shape index (κ2) is 11.5. The lowest BCUT2D eigenvalue weighted by Crippen LogP contribution is -2.41. The van der Waals surface area contributed by atoms with E-state index in [-0.39, 0.29) is 29.7 Å². The van der Waals surface area contributed by atoms with Gasteiger partial charge in [-0.2, -0.15) is 4.31 Å². The van der Waals surface area contributed by atoms with Crippen LogP contribution in [0.15, 0.2) is 59.6 Å². The van der Waals surface area contributed by atoms with Crippen molar-refractivity contribution in [3.05, 3.63) is 71.3 Å². The molecule has 2 aromatic rings. The molecule has 9 heteroatoms. The number of aliphatic imine (C=N–C) groups is 1. The van der Waals surface area contributed by atoms with Gasteiger partial charge in [-0.1, -0.05) is 54.6 Å². The largest absolute Gasteiger partial charge is 0.379 e. The third kappa shape index (κ3) is 7.25. The van der Waals surface area contributed by atoms with Gasteiger partial charge in [-0.3, -0.25) is 0 Å². The molecule has 3 rings (SSSR count). The average molecular weight is 530 g/mol. The summed E-state index contributed by atoms with van der Waals surface area (Å²) in [5.41, 5.74) is 8.68. The van der Waals surface area contributed by atoms with E-state index < -0.39 is 10.0 Å². The summed E-state index contributed by atoms with van der Waals surface area (Å²) < 4.78 is 32.2. The number of nitrogens with two attached hydrogens (primary N) is 1. The number of halogens is 1. The zero-order valence-electron chi connectivity index (χ0n) is 16.2. The van der Waals surface area contributed by atoms with Gasteiger partial charge < -0.3 is 15.8 Å². The molecule has 0 amide bonds. The molecule has 3 N–H and O–H groups in total. The molecule has 7 nitrogen and oxygen atoms in total. The van der Waals surface area contributed by atoms with Gasteiger partial charge in [-0.15, -0.1) is 24.0 Å². The summed E-state index contributed by atoms with van der Waals surface area (Å²) in [6, 6.07) is 17.3. The normalized spacial score (nSPS) is 15.5. The van der Waals surface area contributed by atoms with Crippen LogP contribution in [0.4, 0.5) is 0 Å². The fraction of sp³-hybridized carbons (Fsp3) is 0.350. The Bertz CT molecular complexity index is 901. The topological polar surface area (TPSA) is 97.0 Å². The maximum atomic E-state index is 12.7. The predicted octanol–water partition coefficient (Wildman–Crippen LogP) is 2.07. The molecule has 0 atom stereocenters. The van der Waals surface area contributed by atoms with Crippen LogP contribution in [0.3, 0.4) is 0 Å². The second-order valence-corrected chi connectivity index (χ2v) is 8.55. The maximum absolute atomic E-state index is 12.7. The third-order valence-corrected chi connectivity index (χ3v) is 6.38. The molecule has 158 valence electrons. The first-order chi connectivity index (χ1) is 13.5. The Morgan fingerprint density at radius 1 is 1.03 bits per heavy atom. The number of hydrogen-bond acceptors (Lipinski definition) is 4. The number of benzene rings is 2. The van der Waals surface area contributed by atoms with Gasteiger partial charge in [0.05, 0.1) is 25.5 Å². The van der Waals surface area contributed by atoms with Gasteiger partial charge in [0.1, 0.15) is 0 Å². The van der Waals surface area contributed by atoms with E-state index >= 15 is 0 Å². The van der Waals surface area contributed by atoms with Crippen LogP contribution in [0.1, 0.15) is 16.7 Å². The van der Waals surface area contributed by atoms with Crippen molar-refractivity contribution in [1.29, 1.82) is 0 Å². The van der Waals surface area contributed by atoms with Crippen molar-refractivity contribution in [3.63, 3.8) is 0 Å². The Morgan fingerprint density at radius 2 is 1.66 bits per heavy atom. The van der Waals surface area contributed by atoms with Crippen LogP contribution in [-0.2, 0) is 33.6 Å². The summed E-state index contributed by atoms with van der Waals surface area (Å²) in [5.74, 6) is 0.293. The first kappa shape index (κ1) is 23.6. The highest BCUT2D eigenvalue weighted by Crippen LogP contribution is 2.16. The van der Waals surface area contributed by atoms with E-state index in [1.54, 1.807) is 0 Å². The molecule has 1 aliphatic rings. The molecule has 0 bridgehead atoms. The summed E-state index contributed by atoms with van der Waals surface area (Å²) in [6.07, 6.45) is 0. The minimum atomic E-state index is -3.38. The summed E-state index contributed by atoms with van der Waals surface area (Å²) in [5, 5.41) is 3.07. The highest BCUT2D eigenvalue weighted by molar-refractivity contribution is 14.0. The minimum Gasteiger partial charge on any atom is -0.379 e. The minimum absolute atomic E-state index is 0. The number of nitrogens with zero attached hydrogens (tertiary/aromatic N) is 2. The van der Waals surface area contributed by atoms with Crippen molar-refractivity contribution in [2.45, 2.75) is 18.8 Å². The standard InChI is InChI=1S/C20H26N4O3S.HI/c21-20(22-14-17-6-2-1-3-7-17)23-15-18-8-4-5-9-19(18)16-28(25,26)24-10-12-27-13-11-24;/h1-9H,10-16H2,(H3,21,22,23);1H. The Balaban J connectivity index is 0.00000300. The highest BCUT2D eigenvalue weighted by Gasteiger charge is 2.25. The average Bonchev–Trinajstić information content (AvgIpc) is 2.73. The number of guanidine groups is 1. The smallest absolute Gasteiger partial charge is 0.218 e. The van der Waals surface area contributed by atoms with E-state index in [0.29, 0.717) is 45.4 Å². The molecule has 0 saturated carbocycles. The van der Waals surface area contributed by atoms with Crippen LogP contribution in [0.25, 0.3) is 0 Å². The van der Waals surface area contributed by atoms with Crippen molar-refractivity contribution < 1.29 is 13.2 Å². The van der Waals surface area contributed by atoms with Gasteiger partial charge in [-0.25, -0.2) is 13.4 Å². The zero-order chi connectivity index (χ0) is 19.8. The summed E-state index contributed by atoms with van der Waals surface area (Å²) >= 11 is 0. The molecule has 1 fully saturated rings. The van der Waals surface area contributed by atoms with Gasteiger partial charge in [0.2, 0.25) is 10.0 Å². The van der Waals surface area contributed by atoms with Gasteiger partial charge in [0.15, 0.2) is 5.96 Å². The molecule has 0 aromatic heterocycles. The lowest BCUT2D eigenvalue weighted by atomic mass is 10.1. The molecule has 1 heterocycles. The van der Waals surface area contributed by atoms with Gasteiger partial charge in [0, 0.05) is 19.6 Å². The molecule has 0 spiro atoms. The van der Waals surface area contributed by atoms with Crippen LogP contribution in [0, 0.1) is 0 Å². The third-order valence-electron chi connectivity index (χ3n) is 4.55. The molecule has 1 aliphatic heterocycles. The molecule has 29 heavy (non-hydrogen) atoms. The van der Waals surface area contributed by atoms with Crippen molar-refractivity contribution in [2.24, 2.45) is 10.7 Å². The maximum Gasteiger partial charge on any atom is 0.218 e. The van der Waals surface area contributed by atoms with Gasteiger partial charge >= 0.3 is 0 Å². The van der Waals surface area contributed by atoms with Crippen LogP contribution >= 0.6 is 24.0 Å². The Labute approximate surface area is 189 Å². The van der Waals surface area contributed by atoms with E-state index in [1.807, 2.05) is 54.6 Å². The van der Waals surface area contributed by atoms with E-state index in [4.69, 9.17) is 10.5 Å². The lowest BCUT2D eigenvalue weighted by Gasteiger charge is -2.26. The molecular weight excluding hydrogens is 503 g/mol. The van der Waals surface area contributed by atoms with E-state index in [1.165, 1.54) is 4.31 Å². The van der Waals surface area contributed by atoms with E-state index in [0.717, 1.165) is 16.7 Å². The fourth-order valence-corrected chi connectivity index (χ4v) is 4.55. The SMILES string of the molecule is I.NC(=NCc1ccccc1)NCc1ccccc1CS(=O)(=O)N1CCOCC1. The van der Waals surface area contributed by atoms with Crippen LogP contribution in [0.2, 0.25) is 0 Å². The first-order valence-corrected chi connectivity index (χ1v) is 10.9. The molecule has 0 aliphatic carbocycles. The lowest BCUT2D eigenvalue weighted by molar-refractivity contribution is 0.0729. The first-order valence-electron chi connectivity index (χ1n) is 9.25. The van der Waals surface area contributed by atoms with E-state index in [2.05, 4.69) is 10.3 Å². The predicted molar refractivity (Wildman–Crippen MR) is 125 cm³/mol. The number of nitrogens with one attached hydrogen (secondary N) is 1. The number of morpholine rings is 1. The Morgan fingerprint density at radius 3 is 2.34 bits per heavy atom. The number of rotatable bonds is 7. The van der Waals surface area contributed by atoms with Gasteiger partial charge in [-0.05, 0) is 16.7 Å². The summed E-state index contributed by atoms with van der Waals surface area (Å²) in [7, 11) is -3.38. The Kier molecular flexibility index (Phi) is 9.34. The van der Waals surface area contributed by atoms with Crippen molar-refractivity contribution in [3.8, 4) is 0 Å². The Hall–Kier alpha value is -1.69. The quantitative estimate of drug-likeness (QED) is 0.325. The highest BCUT2D eigenvalue weighted by atomic mass is 127.